The maximum atomic E-state index is 11.6. The molecule has 1 saturated carbocycles. The lowest BCUT2D eigenvalue weighted by atomic mass is 9.92. The lowest BCUT2D eigenvalue weighted by Gasteiger charge is -2.18. The van der Waals surface area contributed by atoms with E-state index < -0.39 is 5.97 Å². The summed E-state index contributed by atoms with van der Waals surface area (Å²) in [6, 6.07) is 2.18. The molecular formula is C17H21N3O2S. The van der Waals surface area contributed by atoms with Crippen molar-refractivity contribution in [1.82, 2.24) is 9.97 Å². The molecule has 0 unspecified atom stereocenters. The summed E-state index contributed by atoms with van der Waals surface area (Å²) in [7, 11) is 0. The van der Waals surface area contributed by atoms with Crippen molar-refractivity contribution in [3.8, 4) is 0 Å². The molecule has 0 spiro atoms. The molecule has 4 rings (SSSR count). The summed E-state index contributed by atoms with van der Waals surface area (Å²) in [4.78, 5) is 25.4. The van der Waals surface area contributed by atoms with E-state index in [-0.39, 0.29) is 11.8 Å². The van der Waals surface area contributed by atoms with Gasteiger partial charge in [0, 0.05) is 18.0 Å². The fourth-order valence-corrected chi connectivity index (χ4v) is 4.75. The van der Waals surface area contributed by atoms with Gasteiger partial charge in [-0.15, -0.1) is 11.3 Å². The largest absolute Gasteiger partial charge is 0.481 e. The third-order valence-electron chi connectivity index (χ3n) is 5.09. The molecular weight excluding hydrogens is 310 g/mol. The van der Waals surface area contributed by atoms with Crippen LogP contribution in [0.4, 0.5) is 5.82 Å². The molecule has 6 heteroatoms. The fraction of sp³-hybridized carbons (Fsp3) is 0.588. The number of nitrogens with zero attached hydrogens (tertiary/aromatic N) is 3. The highest BCUT2D eigenvalue weighted by molar-refractivity contribution is 7.18. The van der Waals surface area contributed by atoms with Crippen LogP contribution in [0.5, 0.6) is 0 Å². The lowest BCUT2D eigenvalue weighted by Crippen LogP contribution is -2.24. The molecule has 2 aromatic rings. The summed E-state index contributed by atoms with van der Waals surface area (Å²) in [5, 5.41) is 10.7. The fourth-order valence-electron chi connectivity index (χ4n) is 3.74. The minimum atomic E-state index is -0.661. The molecule has 0 aromatic carbocycles. The van der Waals surface area contributed by atoms with Crippen molar-refractivity contribution < 1.29 is 9.90 Å². The van der Waals surface area contributed by atoms with E-state index in [1.54, 1.807) is 11.3 Å². The quantitative estimate of drug-likeness (QED) is 0.932. The average Bonchev–Trinajstić information content (AvgIpc) is 3.12. The van der Waals surface area contributed by atoms with E-state index in [1.165, 1.54) is 17.7 Å². The smallest absolute Gasteiger partial charge is 0.308 e. The van der Waals surface area contributed by atoms with Crippen LogP contribution in [0.15, 0.2) is 6.07 Å². The molecule has 2 fully saturated rings. The van der Waals surface area contributed by atoms with E-state index in [4.69, 9.17) is 0 Å². The van der Waals surface area contributed by atoms with Gasteiger partial charge in [0.2, 0.25) is 0 Å². The molecule has 0 bridgehead atoms. The van der Waals surface area contributed by atoms with Crippen LogP contribution >= 0.6 is 11.3 Å². The van der Waals surface area contributed by atoms with Gasteiger partial charge in [0.05, 0.1) is 11.3 Å². The SMILES string of the molecule is CCc1cc2c(N3C[C@@H](C(=O)O)[C@H](C4CC4)C3)nc(C)nc2s1. The number of fused-ring (bicyclic) bond motifs is 1. The molecule has 0 amide bonds. The molecule has 1 N–H and O–H groups in total. The summed E-state index contributed by atoms with van der Waals surface area (Å²) in [5.41, 5.74) is 0. The number of thiophene rings is 1. The average molecular weight is 331 g/mol. The van der Waals surface area contributed by atoms with Gasteiger partial charge in [-0.3, -0.25) is 4.79 Å². The summed E-state index contributed by atoms with van der Waals surface area (Å²) in [6.07, 6.45) is 3.35. The number of carboxylic acids is 1. The van der Waals surface area contributed by atoms with E-state index in [0.29, 0.717) is 12.5 Å². The minimum Gasteiger partial charge on any atom is -0.481 e. The predicted molar refractivity (Wildman–Crippen MR) is 91.1 cm³/mol. The van der Waals surface area contributed by atoms with Crippen LogP contribution in [-0.4, -0.2) is 34.1 Å². The molecule has 1 aliphatic heterocycles. The van der Waals surface area contributed by atoms with Crippen molar-refractivity contribution in [2.75, 3.05) is 18.0 Å². The van der Waals surface area contributed by atoms with Crippen molar-refractivity contribution in [3.63, 3.8) is 0 Å². The van der Waals surface area contributed by atoms with E-state index in [0.717, 1.165) is 34.8 Å². The van der Waals surface area contributed by atoms with E-state index in [1.807, 2.05) is 6.92 Å². The standard InChI is InChI=1S/C17H21N3O2S/c1-3-11-6-12-15(18-9(2)19-16(12)23-11)20-7-13(10-4-5-10)14(8-20)17(21)22/h6,10,13-14H,3-5,7-8H2,1-2H3,(H,21,22)/t13-,14+/m0/s1. The second-order valence-corrected chi connectivity index (χ2v) is 7.85. The Morgan fingerprint density at radius 2 is 2.17 bits per heavy atom. The van der Waals surface area contributed by atoms with Gasteiger partial charge in [0.25, 0.3) is 0 Å². The van der Waals surface area contributed by atoms with E-state index in [9.17, 15) is 9.90 Å². The second-order valence-electron chi connectivity index (χ2n) is 6.73. The van der Waals surface area contributed by atoms with Gasteiger partial charge in [-0.1, -0.05) is 6.92 Å². The Balaban J connectivity index is 1.73. The van der Waals surface area contributed by atoms with Gasteiger partial charge < -0.3 is 10.0 Å². The monoisotopic (exact) mass is 331 g/mol. The normalized spacial score (nSPS) is 24.5. The minimum absolute atomic E-state index is 0.266. The third kappa shape index (κ3) is 2.59. The number of hydrogen-bond acceptors (Lipinski definition) is 5. The molecule has 2 aromatic heterocycles. The first-order valence-electron chi connectivity index (χ1n) is 8.31. The topological polar surface area (TPSA) is 66.3 Å². The molecule has 2 aliphatic rings. The Morgan fingerprint density at radius 1 is 1.39 bits per heavy atom. The highest BCUT2D eigenvalue weighted by Gasteiger charge is 2.46. The Morgan fingerprint density at radius 3 is 2.83 bits per heavy atom. The number of carbonyl (C=O) groups is 1. The number of anilines is 1. The first-order chi connectivity index (χ1) is 11.1. The Bertz CT molecular complexity index is 769. The summed E-state index contributed by atoms with van der Waals surface area (Å²) >= 11 is 1.72. The molecule has 23 heavy (non-hydrogen) atoms. The number of rotatable bonds is 4. The van der Waals surface area contributed by atoms with Gasteiger partial charge >= 0.3 is 5.97 Å². The van der Waals surface area contributed by atoms with Gasteiger partial charge in [-0.05, 0) is 44.1 Å². The van der Waals surface area contributed by atoms with Crippen LogP contribution < -0.4 is 4.90 Å². The molecule has 3 heterocycles. The van der Waals surface area contributed by atoms with Gasteiger partial charge in [-0.25, -0.2) is 9.97 Å². The number of hydrogen-bond donors (Lipinski definition) is 1. The van der Waals surface area contributed by atoms with Crippen molar-refractivity contribution in [2.45, 2.75) is 33.1 Å². The summed E-state index contributed by atoms with van der Waals surface area (Å²) in [5.74, 6) is 1.62. The lowest BCUT2D eigenvalue weighted by molar-refractivity contribution is -0.142. The van der Waals surface area contributed by atoms with Crippen molar-refractivity contribution in [2.24, 2.45) is 17.8 Å². The third-order valence-corrected chi connectivity index (χ3v) is 6.27. The number of carboxylic acid groups (broad SMARTS) is 1. The van der Waals surface area contributed by atoms with Crippen LogP contribution in [0.2, 0.25) is 0 Å². The van der Waals surface area contributed by atoms with Crippen molar-refractivity contribution in [1.29, 1.82) is 0 Å². The van der Waals surface area contributed by atoms with Gasteiger partial charge in [-0.2, -0.15) is 0 Å². The van der Waals surface area contributed by atoms with Crippen molar-refractivity contribution >= 4 is 33.3 Å². The molecule has 1 aliphatic carbocycles. The Kier molecular flexibility index (Phi) is 3.52. The Hall–Kier alpha value is -1.69. The maximum absolute atomic E-state index is 11.6. The number of aryl methyl sites for hydroxylation is 2. The molecule has 122 valence electrons. The Labute approximate surface area is 139 Å². The molecule has 1 saturated heterocycles. The van der Waals surface area contributed by atoms with Crippen LogP contribution in [0.1, 0.15) is 30.5 Å². The zero-order chi connectivity index (χ0) is 16.1. The zero-order valence-corrected chi connectivity index (χ0v) is 14.3. The summed E-state index contributed by atoms with van der Waals surface area (Å²) < 4.78 is 0. The van der Waals surface area contributed by atoms with Crippen molar-refractivity contribution in [3.05, 3.63) is 16.8 Å². The van der Waals surface area contributed by atoms with Gasteiger partial charge in [0.15, 0.2) is 0 Å². The predicted octanol–water partition coefficient (Wildman–Crippen LogP) is 3.11. The molecule has 0 radical (unpaired) electrons. The van der Waals surface area contributed by atoms with Gasteiger partial charge in [0.1, 0.15) is 16.5 Å². The highest BCUT2D eigenvalue weighted by atomic mass is 32.1. The van der Waals surface area contributed by atoms with E-state index >= 15 is 0 Å². The highest BCUT2D eigenvalue weighted by Crippen LogP contribution is 2.45. The number of aromatic nitrogens is 2. The first kappa shape index (κ1) is 14.9. The first-order valence-corrected chi connectivity index (χ1v) is 9.13. The van der Waals surface area contributed by atoms with Crippen LogP contribution in [-0.2, 0) is 11.2 Å². The number of aliphatic carboxylic acids is 1. The molecule has 2 atom stereocenters. The van der Waals surface area contributed by atoms with Crippen LogP contribution in [0.3, 0.4) is 0 Å². The zero-order valence-electron chi connectivity index (χ0n) is 13.5. The van der Waals surface area contributed by atoms with Crippen LogP contribution in [0, 0.1) is 24.7 Å². The summed E-state index contributed by atoms with van der Waals surface area (Å²) in [6.45, 7) is 5.44. The maximum Gasteiger partial charge on any atom is 0.308 e. The second kappa shape index (κ2) is 5.44. The van der Waals surface area contributed by atoms with Crippen LogP contribution in [0.25, 0.3) is 10.2 Å². The molecule has 5 nitrogen and oxygen atoms in total. The van der Waals surface area contributed by atoms with E-state index in [2.05, 4.69) is 27.9 Å².